The maximum Gasteiger partial charge on any atom is 0.264 e. The summed E-state index contributed by atoms with van der Waals surface area (Å²) in [5.41, 5.74) is 3.35. The average Bonchev–Trinajstić information content (AvgIpc) is 3.14. The highest BCUT2D eigenvalue weighted by Gasteiger charge is 2.34. The van der Waals surface area contributed by atoms with Crippen molar-refractivity contribution < 1.29 is 18.3 Å². The summed E-state index contributed by atoms with van der Waals surface area (Å²) in [4.78, 5) is 19.0. The van der Waals surface area contributed by atoms with Gasteiger partial charge in [0.25, 0.3) is 5.91 Å². The van der Waals surface area contributed by atoms with Gasteiger partial charge in [0.1, 0.15) is 17.4 Å². The number of ether oxygens (including phenoxy) is 1. The highest BCUT2D eigenvalue weighted by atomic mass is 19.1. The van der Waals surface area contributed by atoms with Crippen molar-refractivity contribution in [3.63, 3.8) is 0 Å². The number of carbonyl (C=O) groups is 1. The molecule has 2 heterocycles. The lowest BCUT2D eigenvalue weighted by molar-refractivity contribution is -0.144. The van der Waals surface area contributed by atoms with Gasteiger partial charge in [-0.1, -0.05) is 0 Å². The molecule has 5 nitrogen and oxygen atoms in total. The number of halogens is 2. The van der Waals surface area contributed by atoms with Gasteiger partial charge in [-0.3, -0.25) is 4.79 Å². The van der Waals surface area contributed by atoms with Gasteiger partial charge in [-0.2, -0.15) is 0 Å². The molecule has 2 atom stereocenters. The molecule has 0 radical (unpaired) electrons. The Morgan fingerprint density at radius 3 is 2.52 bits per heavy atom. The van der Waals surface area contributed by atoms with E-state index in [1.165, 1.54) is 12.1 Å². The second-order valence-corrected chi connectivity index (χ2v) is 8.03. The fraction of sp³-hybridized carbons (Fsp3) is 0.333. The van der Waals surface area contributed by atoms with E-state index in [4.69, 9.17) is 4.74 Å². The molecule has 4 rings (SSSR count). The van der Waals surface area contributed by atoms with Crippen LogP contribution in [0.4, 0.5) is 8.78 Å². The smallest absolute Gasteiger partial charge is 0.264 e. The minimum absolute atomic E-state index is 0.171. The van der Waals surface area contributed by atoms with Crippen molar-refractivity contribution in [2.75, 3.05) is 6.54 Å². The van der Waals surface area contributed by atoms with Gasteiger partial charge < -0.3 is 14.2 Å². The van der Waals surface area contributed by atoms with Crippen molar-refractivity contribution in [3.8, 4) is 11.4 Å². The van der Waals surface area contributed by atoms with Crippen molar-refractivity contribution in [1.29, 1.82) is 0 Å². The summed E-state index contributed by atoms with van der Waals surface area (Å²) in [6.07, 6.45) is 4.43. The minimum atomic E-state index is -0.650. The number of hydrogen-bond acceptors (Lipinski definition) is 3. The van der Waals surface area contributed by atoms with Gasteiger partial charge in [0, 0.05) is 24.5 Å². The number of imidazole rings is 1. The Bertz CT molecular complexity index is 1090. The van der Waals surface area contributed by atoms with Gasteiger partial charge in [0.05, 0.1) is 18.1 Å². The molecule has 1 amide bonds. The SMILES string of the molecule is Cc1cn(-c2ccc(OC3CCCN(C(C)c4cc(F)cc(F)c4)C3=O)cc2C)cn1. The Morgan fingerprint density at radius 2 is 1.87 bits per heavy atom. The number of nitrogens with zero attached hydrogens (tertiary/aromatic N) is 3. The number of aromatic nitrogens is 2. The molecule has 3 aromatic rings. The number of likely N-dealkylation sites (tertiary alicyclic amines) is 1. The third-order valence-electron chi connectivity index (χ3n) is 5.70. The molecule has 2 unspecified atom stereocenters. The molecule has 2 aromatic carbocycles. The number of amides is 1. The number of hydrogen-bond donors (Lipinski definition) is 0. The van der Waals surface area contributed by atoms with E-state index in [1.54, 1.807) is 18.2 Å². The van der Waals surface area contributed by atoms with Crippen molar-refractivity contribution >= 4 is 5.91 Å². The van der Waals surface area contributed by atoms with Crippen LogP contribution in [0.3, 0.4) is 0 Å². The minimum Gasteiger partial charge on any atom is -0.481 e. The zero-order valence-electron chi connectivity index (χ0n) is 17.8. The van der Waals surface area contributed by atoms with E-state index in [9.17, 15) is 13.6 Å². The molecule has 1 fully saturated rings. The molecule has 1 saturated heterocycles. The van der Waals surface area contributed by atoms with Gasteiger partial charge in [0.2, 0.25) is 0 Å². The van der Waals surface area contributed by atoms with E-state index in [0.29, 0.717) is 24.3 Å². The summed E-state index contributed by atoms with van der Waals surface area (Å²) in [6.45, 7) is 6.21. The van der Waals surface area contributed by atoms with Crippen LogP contribution < -0.4 is 4.74 Å². The third-order valence-corrected chi connectivity index (χ3v) is 5.70. The maximum atomic E-state index is 13.6. The van der Waals surface area contributed by atoms with E-state index in [0.717, 1.165) is 29.4 Å². The fourth-order valence-corrected chi connectivity index (χ4v) is 4.06. The first-order valence-corrected chi connectivity index (χ1v) is 10.4. The fourth-order valence-electron chi connectivity index (χ4n) is 4.06. The zero-order chi connectivity index (χ0) is 22.1. The van der Waals surface area contributed by atoms with Crippen LogP contribution in [-0.2, 0) is 4.79 Å². The molecule has 31 heavy (non-hydrogen) atoms. The lowest BCUT2D eigenvalue weighted by Crippen LogP contribution is -2.47. The number of benzene rings is 2. The Kier molecular flexibility index (Phi) is 5.76. The lowest BCUT2D eigenvalue weighted by Gasteiger charge is -2.36. The summed E-state index contributed by atoms with van der Waals surface area (Å²) in [5.74, 6) is -0.858. The molecule has 0 saturated carbocycles. The largest absolute Gasteiger partial charge is 0.481 e. The van der Waals surface area contributed by atoms with Gasteiger partial charge in [-0.15, -0.1) is 0 Å². The predicted molar refractivity (Wildman–Crippen MR) is 113 cm³/mol. The molecule has 0 spiro atoms. The highest BCUT2D eigenvalue weighted by Crippen LogP contribution is 2.29. The van der Waals surface area contributed by atoms with Crippen molar-refractivity contribution in [2.45, 2.75) is 45.8 Å². The second kappa shape index (κ2) is 8.49. The van der Waals surface area contributed by atoms with Crippen LogP contribution in [0.2, 0.25) is 0 Å². The molecule has 1 aromatic heterocycles. The van der Waals surface area contributed by atoms with Crippen LogP contribution in [0.15, 0.2) is 48.9 Å². The Labute approximate surface area is 180 Å². The molecule has 1 aliphatic rings. The van der Waals surface area contributed by atoms with Crippen LogP contribution in [0.5, 0.6) is 5.75 Å². The van der Waals surface area contributed by atoms with E-state index in [-0.39, 0.29) is 5.91 Å². The highest BCUT2D eigenvalue weighted by molar-refractivity contribution is 5.82. The molecule has 0 N–H and O–H groups in total. The molecule has 0 bridgehead atoms. The van der Waals surface area contributed by atoms with Crippen LogP contribution in [0.25, 0.3) is 5.69 Å². The normalized spacial score (nSPS) is 17.6. The predicted octanol–water partition coefficient (Wildman–Crippen LogP) is 4.90. The summed E-state index contributed by atoms with van der Waals surface area (Å²) >= 11 is 0. The third kappa shape index (κ3) is 4.45. The number of rotatable bonds is 5. The summed E-state index contributed by atoms with van der Waals surface area (Å²) in [5, 5.41) is 0. The maximum absolute atomic E-state index is 13.6. The summed E-state index contributed by atoms with van der Waals surface area (Å²) in [7, 11) is 0. The molecule has 0 aliphatic carbocycles. The number of carbonyl (C=O) groups excluding carboxylic acids is 1. The first-order chi connectivity index (χ1) is 14.8. The van der Waals surface area contributed by atoms with Crippen LogP contribution in [0, 0.1) is 25.5 Å². The Hall–Kier alpha value is -3.22. The van der Waals surface area contributed by atoms with Crippen LogP contribution in [-0.4, -0.2) is 33.0 Å². The first-order valence-electron chi connectivity index (χ1n) is 10.4. The quantitative estimate of drug-likeness (QED) is 0.584. The van der Waals surface area contributed by atoms with E-state index < -0.39 is 23.8 Å². The molecular formula is C24H25F2N3O2. The van der Waals surface area contributed by atoms with Crippen molar-refractivity contribution in [2.24, 2.45) is 0 Å². The van der Waals surface area contributed by atoms with E-state index in [2.05, 4.69) is 4.98 Å². The van der Waals surface area contributed by atoms with E-state index in [1.807, 2.05) is 42.8 Å². The zero-order valence-corrected chi connectivity index (χ0v) is 17.8. The first kappa shape index (κ1) is 21.0. The van der Waals surface area contributed by atoms with Crippen molar-refractivity contribution in [1.82, 2.24) is 14.5 Å². The second-order valence-electron chi connectivity index (χ2n) is 8.03. The molecular weight excluding hydrogens is 400 g/mol. The van der Waals surface area contributed by atoms with E-state index >= 15 is 0 Å². The van der Waals surface area contributed by atoms with Gasteiger partial charge >= 0.3 is 0 Å². The average molecular weight is 425 g/mol. The molecule has 1 aliphatic heterocycles. The number of aryl methyl sites for hydroxylation is 2. The molecule has 162 valence electrons. The summed E-state index contributed by atoms with van der Waals surface area (Å²) in [6, 6.07) is 8.61. The van der Waals surface area contributed by atoms with Crippen LogP contribution in [0.1, 0.15) is 42.6 Å². The topological polar surface area (TPSA) is 47.4 Å². The lowest BCUT2D eigenvalue weighted by atomic mass is 10.0. The Balaban J connectivity index is 1.50. The summed E-state index contributed by atoms with van der Waals surface area (Å²) < 4.78 is 35.3. The van der Waals surface area contributed by atoms with Crippen LogP contribution >= 0.6 is 0 Å². The standard InChI is InChI=1S/C24H25F2N3O2/c1-15-9-21(6-7-22(15)28-13-16(2)27-14-28)31-23-5-4-8-29(24(23)30)17(3)18-10-19(25)12-20(26)11-18/h6-7,9-14,17,23H,4-5,8H2,1-3H3. The monoisotopic (exact) mass is 425 g/mol. The molecule has 7 heteroatoms. The van der Waals surface area contributed by atoms with Gasteiger partial charge in [0.15, 0.2) is 6.10 Å². The van der Waals surface area contributed by atoms with Crippen molar-refractivity contribution in [3.05, 3.63) is 77.4 Å². The van der Waals surface area contributed by atoms with Gasteiger partial charge in [-0.05, 0) is 75.1 Å². The van der Waals surface area contributed by atoms with Gasteiger partial charge in [-0.25, -0.2) is 13.8 Å². The number of piperidine rings is 1. The Morgan fingerprint density at radius 1 is 1.13 bits per heavy atom.